The van der Waals surface area contributed by atoms with Crippen molar-refractivity contribution >= 4 is 55.4 Å². The summed E-state index contributed by atoms with van der Waals surface area (Å²) in [4.78, 5) is 13.0. The molecule has 1 aliphatic heterocycles. The average molecular weight is 517 g/mol. The molecule has 0 radical (unpaired) electrons. The third kappa shape index (κ3) is 2.90. The molecule has 0 amide bonds. The molecule has 9 rings (SSSR count). The first-order valence-corrected chi connectivity index (χ1v) is 13.8. The summed E-state index contributed by atoms with van der Waals surface area (Å²) in [5.41, 5.74) is 7.66. The van der Waals surface area contributed by atoms with Crippen LogP contribution in [0.2, 0.25) is 0 Å². The highest BCUT2D eigenvalue weighted by Crippen LogP contribution is 2.47. The van der Waals surface area contributed by atoms with E-state index in [9.17, 15) is 0 Å². The summed E-state index contributed by atoms with van der Waals surface area (Å²) < 4.78 is 4.51. The van der Waals surface area contributed by atoms with Gasteiger partial charge in [0, 0.05) is 48.8 Å². The predicted octanol–water partition coefficient (Wildman–Crippen LogP) is 8.80. The number of aromatic nitrogens is 4. The molecule has 0 N–H and O–H groups in total. The van der Waals surface area contributed by atoms with Gasteiger partial charge in [0.25, 0.3) is 0 Å². The zero-order valence-electron chi connectivity index (χ0n) is 20.7. The quantitative estimate of drug-likeness (QED) is 0.230. The molecule has 0 saturated carbocycles. The lowest BCUT2D eigenvalue weighted by Crippen LogP contribution is -2.05. The highest BCUT2D eigenvalue weighted by Gasteiger charge is 2.24. The largest absolute Gasteiger partial charge is 0.316 e. The zero-order valence-corrected chi connectivity index (χ0v) is 21.6. The highest BCUT2D eigenvalue weighted by atomic mass is 32.2. The minimum absolute atomic E-state index is 0.697. The van der Waals surface area contributed by atoms with Gasteiger partial charge in [-0.05, 0) is 48.5 Å². The van der Waals surface area contributed by atoms with E-state index in [1.807, 2.05) is 0 Å². The SMILES string of the molecule is c1ccc(-n2ccc3c2ccc2c4ccccc4n(-c4nc5c6c(cccc6n4)Sc4ccccc4-5)c23)cc1. The van der Waals surface area contributed by atoms with Crippen LogP contribution in [0.4, 0.5) is 0 Å². The second-order valence-electron chi connectivity index (χ2n) is 9.89. The van der Waals surface area contributed by atoms with Gasteiger partial charge < -0.3 is 4.57 Å². The zero-order chi connectivity index (χ0) is 25.5. The summed E-state index contributed by atoms with van der Waals surface area (Å²) in [5.74, 6) is 0.697. The van der Waals surface area contributed by atoms with Gasteiger partial charge >= 0.3 is 0 Å². The van der Waals surface area contributed by atoms with Crippen LogP contribution >= 0.6 is 11.8 Å². The molecule has 0 unspecified atom stereocenters. The van der Waals surface area contributed by atoms with Crippen LogP contribution in [0.5, 0.6) is 0 Å². The van der Waals surface area contributed by atoms with Crippen molar-refractivity contribution in [3.63, 3.8) is 0 Å². The smallest absolute Gasteiger partial charge is 0.235 e. The average Bonchev–Trinajstić information content (AvgIpc) is 3.57. The maximum absolute atomic E-state index is 5.32. The maximum Gasteiger partial charge on any atom is 0.235 e. The fourth-order valence-corrected chi connectivity index (χ4v) is 7.19. The first-order chi connectivity index (χ1) is 19.3. The van der Waals surface area contributed by atoms with Crippen molar-refractivity contribution < 1.29 is 0 Å². The molecule has 8 aromatic rings. The molecule has 0 saturated heterocycles. The molecule has 0 aliphatic carbocycles. The molecule has 4 nitrogen and oxygen atoms in total. The van der Waals surface area contributed by atoms with Gasteiger partial charge in [0.2, 0.25) is 5.95 Å². The van der Waals surface area contributed by atoms with E-state index in [1.165, 1.54) is 25.9 Å². The van der Waals surface area contributed by atoms with Crippen LogP contribution in [0, 0.1) is 0 Å². The molecule has 0 fully saturated rings. The third-order valence-corrected chi connectivity index (χ3v) is 8.91. The number of hydrogen-bond donors (Lipinski definition) is 0. The normalized spacial score (nSPS) is 12.5. The Balaban J connectivity index is 1.42. The predicted molar refractivity (Wildman–Crippen MR) is 160 cm³/mol. The molecule has 0 atom stereocenters. The lowest BCUT2D eigenvalue weighted by molar-refractivity contribution is 1.01. The monoisotopic (exact) mass is 516 g/mol. The van der Waals surface area contributed by atoms with Crippen molar-refractivity contribution in [2.75, 3.05) is 0 Å². The Morgan fingerprint density at radius 1 is 0.564 bits per heavy atom. The van der Waals surface area contributed by atoms with Gasteiger partial charge in [-0.15, -0.1) is 0 Å². The van der Waals surface area contributed by atoms with Crippen molar-refractivity contribution in [2.24, 2.45) is 0 Å². The fourth-order valence-electron chi connectivity index (χ4n) is 6.09. The maximum atomic E-state index is 5.32. The van der Waals surface area contributed by atoms with Crippen molar-refractivity contribution in [1.29, 1.82) is 0 Å². The molecule has 182 valence electrons. The first kappa shape index (κ1) is 21.1. The van der Waals surface area contributed by atoms with E-state index in [1.54, 1.807) is 11.8 Å². The topological polar surface area (TPSA) is 35.6 Å². The number of hydrogen-bond acceptors (Lipinski definition) is 3. The number of fused-ring (bicyclic) bond motifs is 7. The minimum atomic E-state index is 0.697. The first-order valence-electron chi connectivity index (χ1n) is 13.0. The van der Waals surface area contributed by atoms with Crippen molar-refractivity contribution in [2.45, 2.75) is 9.79 Å². The molecule has 1 aliphatic rings. The summed E-state index contributed by atoms with van der Waals surface area (Å²) >= 11 is 1.80. The van der Waals surface area contributed by atoms with Crippen LogP contribution in [-0.4, -0.2) is 19.1 Å². The Labute approximate surface area is 228 Å². The van der Waals surface area contributed by atoms with Gasteiger partial charge in [-0.25, -0.2) is 9.97 Å². The molecular formula is C34H20N4S. The Kier molecular flexibility index (Phi) is 4.23. The van der Waals surface area contributed by atoms with Gasteiger partial charge in [-0.3, -0.25) is 4.57 Å². The summed E-state index contributed by atoms with van der Waals surface area (Å²) in [7, 11) is 0. The third-order valence-electron chi connectivity index (χ3n) is 7.77. The lowest BCUT2D eigenvalue weighted by atomic mass is 10.1. The molecule has 5 aromatic carbocycles. The number of para-hydroxylation sites is 2. The van der Waals surface area contributed by atoms with Gasteiger partial charge in [0.15, 0.2) is 0 Å². The summed E-state index contributed by atoms with van der Waals surface area (Å²) in [6.45, 7) is 0. The van der Waals surface area contributed by atoms with E-state index in [0.717, 1.165) is 44.4 Å². The van der Waals surface area contributed by atoms with Crippen molar-refractivity contribution in [3.05, 3.63) is 121 Å². The molecule has 0 bridgehead atoms. The van der Waals surface area contributed by atoms with Gasteiger partial charge in [-0.1, -0.05) is 78.5 Å². The van der Waals surface area contributed by atoms with E-state index >= 15 is 0 Å². The van der Waals surface area contributed by atoms with Crippen molar-refractivity contribution in [3.8, 4) is 22.9 Å². The second kappa shape index (κ2) is 7.82. The van der Waals surface area contributed by atoms with Crippen LogP contribution in [0.15, 0.2) is 131 Å². The minimum Gasteiger partial charge on any atom is -0.316 e. The number of rotatable bonds is 2. The van der Waals surface area contributed by atoms with Crippen LogP contribution in [0.1, 0.15) is 0 Å². The van der Waals surface area contributed by atoms with E-state index < -0.39 is 0 Å². The van der Waals surface area contributed by atoms with Crippen LogP contribution < -0.4 is 0 Å². The summed E-state index contributed by atoms with van der Waals surface area (Å²) in [6.07, 6.45) is 2.16. The molecule has 4 heterocycles. The number of benzene rings is 5. The van der Waals surface area contributed by atoms with Gasteiger partial charge in [-0.2, -0.15) is 0 Å². The summed E-state index contributed by atoms with van der Waals surface area (Å²) in [5, 5.41) is 4.70. The van der Waals surface area contributed by atoms with E-state index in [2.05, 4.69) is 131 Å². The molecule has 0 spiro atoms. The molecule has 39 heavy (non-hydrogen) atoms. The Morgan fingerprint density at radius 3 is 2.33 bits per heavy atom. The molecule has 3 aromatic heterocycles. The lowest BCUT2D eigenvalue weighted by Gasteiger charge is -2.20. The van der Waals surface area contributed by atoms with Crippen molar-refractivity contribution in [1.82, 2.24) is 19.1 Å². The fraction of sp³-hybridized carbons (Fsp3) is 0. The highest BCUT2D eigenvalue weighted by molar-refractivity contribution is 7.99. The van der Waals surface area contributed by atoms with Crippen LogP contribution in [0.3, 0.4) is 0 Å². The Morgan fingerprint density at radius 2 is 1.38 bits per heavy atom. The molecular weight excluding hydrogens is 496 g/mol. The summed E-state index contributed by atoms with van der Waals surface area (Å²) in [6, 6.07) is 40.7. The van der Waals surface area contributed by atoms with E-state index in [4.69, 9.17) is 9.97 Å². The van der Waals surface area contributed by atoms with E-state index in [-0.39, 0.29) is 0 Å². The van der Waals surface area contributed by atoms with E-state index in [0.29, 0.717) is 5.95 Å². The number of nitrogens with zero attached hydrogens (tertiary/aromatic N) is 4. The van der Waals surface area contributed by atoms with Gasteiger partial charge in [0.05, 0.1) is 27.8 Å². The van der Waals surface area contributed by atoms with Crippen LogP contribution in [-0.2, 0) is 0 Å². The Bertz CT molecular complexity index is 2260. The van der Waals surface area contributed by atoms with Crippen LogP contribution in [0.25, 0.3) is 66.5 Å². The standard InChI is InChI=1S/C34H20N4S/c1-2-9-21(10-3-1)37-20-19-24-27(37)18-17-23-22-11-4-6-14-28(22)38(33(23)24)34-35-26-13-8-16-30-31(26)32(36-34)25-12-5-7-15-29(25)39-30/h1-20H. The molecule has 5 heteroatoms. The Hall–Kier alpha value is -4.87. The second-order valence-corrected chi connectivity index (χ2v) is 11.0. The van der Waals surface area contributed by atoms with Gasteiger partial charge in [0.1, 0.15) is 0 Å².